The summed E-state index contributed by atoms with van der Waals surface area (Å²) in [6.45, 7) is 0. The number of anilines is 1. The van der Waals surface area contributed by atoms with E-state index >= 15 is 0 Å². The molecule has 8 heteroatoms. The lowest BCUT2D eigenvalue weighted by atomic mass is 10.3. The van der Waals surface area contributed by atoms with Crippen LogP contribution in [0.1, 0.15) is 10.5 Å². The van der Waals surface area contributed by atoms with Crippen LogP contribution in [0.5, 0.6) is 0 Å². The topological polar surface area (TPSA) is 72.7 Å². The minimum atomic E-state index is -0.422. The van der Waals surface area contributed by atoms with Gasteiger partial charge in [-0.2, -0.15) is 0 Å². The summed E-state index contributed by atoms with van der Waals surface area (Å²) in [5.41, 5.74) is 0.583. The fraction of sp³-hybridized carbons (Fsp3) is 0. The fourth-order valence-corrected chi connectivity index (χ4v) is 2.10. The van der Waals surface area contributed by atoms with Crippen LogP contribution < -0.4 is 5.32 Å². The summed E-state index contributed by atoms with van der Waals surface area (Å²) in [6.07, 6.45) is 4.95. The largest absolute Gasteiger partial charge is 0.319 e. The number of nitrogens with one attached hydrogen (secondary N) is 1. The Bertz CT molecular complexity index is 803. The van der Waals surface area contributed by atoms with Crippen LogP contribution >= 0.6 is 23.2 Å². The van der Waals surface area contributed by atoms with E-state index in [4.69, 9.17) is 23.2 Å². The lowest BCUT2D eigenvalue weighted by Crippen LogP contribution is -2.15. The zero-order valence-corrected chi connectivity index (χ0v) is 12.6. The van der Waals surface area contributed by atoms with Crippen LogP contribution in [-0.4, -0.2) is 25.7 Å². The van der Waals surface area contributed by atoms with Crippen molar-refractivity contribution in [3.05, 3.63) is 64.8 Å². The van der Waals surface area contributed by atoms with Gasteiger partial charge in [0, 0.05) is 17.4 Å². The van der Waals surface area contributed by atoms with Gasteiger partial charge in [0.05, 0.1) is 10.7 Å². The highest BCUT2D eigenvalue weighted by Crippen LogP contribution is 2.25. The number of benzene rings is 1. The lowest BCUT2D eigenvalue weighted by Gasteiger charge is -2.07. The summed E-state index contributed by atoms with van der Waals surface area (Å²) in [6, 6.07) is 8.04. The first-order valence-electron chi connectivity index (χ1n) is 6.22. The number of imidazole rings is 1. The number of aromatic nitrogens is 4. The third-order valence-electron chi connectivity index (χ3n) is 2.83. The molecule has 0 aliphatic heterocycles. The van der Waals surface area contributed by atoms with E-state index in [1.807, 2.05) is 0 Å². The van der Waals surface area contributed by atoms with Crippen molar-refractivity contribution in [2.45, 2.75) is 0 Å². The van der Waals surface area contributed by atoms with Gasteiger partial charge >= 0.3 is 0 Å². The van der Waals surface area contributed by atoms with E-state index in [2.05, 4.69) is 20.5 Å². The minimum absolute atomic E-state index is 0.167. The van der Waals surface area contributed by atoms with Crippen molar-refractivity contribution in [2.24, 2.45) is 0 Å². The van der Waals surface area contributed by atoms with Gasteiger partial charge in [0.2, 0.25) is 0 Å². The molecule has 3 rings (SSSR count). The first-order valence-corrected chi connectivity index (χ1v) is 6.97. The number of amides is 1. The molecule has 2 aromatic heterocycles. The zero-order chi connectivity index (χ0) is 15.5. The molecule has 0 radical (unpaired) electrons. The van der Waals surface area contributed by atoms with E-state index in [0.29, 0.717) is 21.6 Å². The maximum absolute atomic E-state index is 12.1. The van der Waals surface area contributed by atoms with Gasteiger partial charge in [0.1, 0.15) is 6.33 Å². The molecule has 6 nitrogen and oxygen atoms in total. The smallest absolute Gasteiger partial charge is 0.276 e. The van der Waals surface area contributed by atoms with Crippen LogP contribution in [-0.2, 0) is 0 Å². The van der Waals surface area contributed by atoms with Crippen LogP contribution in [0.2, 0.25) is 10.0 Å². The van der Waals surface area contributed by atoms with Gasteiger partial charge in [0.25, 0.3) is 5.91 Å². The molecule has 0 aliphatic rings. The van der Waals surface area contributed by atoms with Crippen LogP contribution in [0.15, 0.2) is 49.1 Å². The highest BCUT2D eigenvalue weighted by atomic mass is 35.5. The summed E-state index contributed by atoms with van der Waals surface area (Å²) in [5.74, 6) is 0.142. The second kappa shape index (κ2) is 6.13. The monoisotopic (exact) mass is 333 g/mol. The van der Waals surface area contributed by atoms with Crippen molar-refractivity contribution < 1.29 is 4.79 Å². The molecule has 0 atom stereocenters. The molecule has 0 saturated carbocycles. The first-order chi connectivity index (χ1) is 10.6. The SMILES string of the molecule is O=C(Nc1cc(Cl)ccc1Cl)c1ccc(-n2ccnc2)nn1. The van der Waals surface area contributed by atoms with Crippen molar-refractivity contribution in [3.63, 3.8) is 0 Å². The highest BCUT2D eigenvalue weighted by molar-refractivity contribution is 6.35. The van der Waals surface area contributed by atoms with Crippen LogP contribution in [0.25, 0.3) is 5.82 Å². The Morgan fingerprint density at radius 3 is 2.68 bits per heavy atom. The molecule has 1 amide bonds. The number of halogens is 2. The minimum Gasteiger partial charge on any atom is -0.319 e. The molecule has 0 fully saturated rings. The average molecular weight is 334 g/mol. The molecule has 0 spiro atoms. The Kier molecular flexibility index (Phi) is 4.04. The lowest BCUT2D eigenvalue weighted by molar-refractivity contribution is 0.102. The van der Waals surface area contributed by atoms with Crippen molar-refractivity contribution in [3.8, 4) is 5.82 Å². The van der Waals surface area contributed by atoms with Crippen LogP contribution in [0.3, 0.4) is 0 Å². The van der Waals surface area contributed by atoms with E-state index in [9.17, 15) is 4.79 Å². The average Bonchev–Trinajstić information content (AvgIpc) is 3.05. The van der Waals surface area contributed by atoms with Crippen molar-refractivity contribution in [1.29, 1.82) is 0 Å². The van der Waals surface area contributed by atoms with Crippen LogP contribution in [0.4, 0.5) is 5.69 Å². The number of hydrogen-bond donors (Lipinski definition) is 1. The van der Waals surface area contributed by atoms with Gasteiger partial charge in [-0.1, -0.05) is 23.2 Å². The van der Waals surface area contributed by atoms with Crippen LogP contribution in [0, 0.1) is 0 Å². The number of hydrogen-bond acceptors (Lipinski definition) is 4. The van der Waals surface area contributed by atoms with Crippen molar-refractivity contribution in [2.75, 3.05) is 5.32 Å². The predicted octanol–water partition coefficient (Wildman–Crippen LogP) is 3.22. The number of carbonyl (C=O) groups is 1. The maximum Gasteiger partial charge on any atom is 0.276 e. The molecular formula is C14H9Cl2N5O. The quantitative estimate of drug-likeness (QED) is 0.798. The van der Waals surface area contributed by atoms with Crippen molar-refractivity contribution in [1.82, 2.24) is 19.7 Å². The molecule has 0 bridgehead atoms. The molecule has 1 aromatic carbocycles. The van der Waals surface area contributed by atoms with Gasteiger partial charge < -0.3 is 5.32 Å². The Labute approximate surface area is 135 Å². The van der Waals surface area contributed by atoms with Gasteiger partial charge in [-0.25, -0.2) is 4.98 Å². The van der Waals surface area contributed by atoms with E-state index in [0.717, 1.165) is 0 Å². The molecule has 3 aromatic rings. The number of carbonyl (C=O) groups excluding carboxylic acids is 1. The van der Waals surface area contributed by atoms with Gasteiger partial charge in [-0.15, -0.1) is 10.2 Å². The molecule has 110 valence electrons. The number of nitrogens with zero attached hydrogens (tertiary/aromatic N) is 4. The summed E-state index contributed by atoms with van der Waals surface area (Å²) in [5, 5.41) is 11.4. The van der Waals surface area contributed by atoms with Crippen molar-refractivity contribution >= 4 is 34.8 Å². The zero-order valence-electron chi connectivity index (χ0n) is 11.1. The van der Waals surface area contributed by atoms with E-state index in [-0.39, 0.29) is 5.69 Å². The fourth-order valence-electron chi connectivity index (χ4n) is 1.76. The third-order valence-corrected chi connectivity index (χ3v) is 3.39. The molecule has 2 heterocycles. The molecule has 0 unspecified atom stereocenters. The molecule has 0 saturated heterocycles. The Morgan fingerprint density at radius 1 is 1.14 bits per heavy atom. The standard InChI is InChI=1S/C14H9Cl2N5O/c15-9-1-2-10(16)12(7-9)18-14(22)11-3-4-13(20-19-11)21-6-5-17-8-21/h1-8H,(H,18,22). The van der Waals surface area contributed by atoms with E-state index in [1.54, 1.807) is 53.6 Å². The van der Waals surface area contributed by atoms with E-state index in [1.165, 1.54) is 0 Å². The van der Waals surface area contributed by atoms with Gasteiger partial charge in [0.15, 0.2) is 11.5 Å². The summed E-state index contributed by atoms with van der Waals surface area (Å²) in [4.78, 5) is 16.1. The predicted molar refractivity (Wildman–Crippen MR) is 83.6 cm³/mol. The molecule has 0 aliphatic carbocycles. The van der Waals surface area contributed by atoms with Gasteiger partial charge in [-0.05, 0) is 30.3 Å². The number of rotatable bonds is 3. The summed E-state index contributed by atoms with van der Waals surface area (Å²) in [7, 11) is 0. The van der Waals surface area contributed by atoms with E-state index < -0.39 is 5.91 Å². The Balaban J connectivity index is 1.79. The molecular weight excluding hydrogens is 325 g/mol. The molecule has 22 heavy (non-hydrogen) atoms. The second-order valence-corrected chi connectivity index (χ2v) is 5.17. The van der Waals surface area contributed by atoms with Gasteiger partial charge in [-0.3, -0.25) is 9.36 Å². The third kappa shape index (κ3) is 3.08. The highest BCUT2D eigenvalue weighted by Gasteiger charge is 2.11. The maximum atomic E-state index is 12.1. The summed E-state index contributed by atoms with van der Waals surface area (Å²) < 4.78 is 1.68. The first kappa shape index (κ1) is 14.5. The second-order valence-electron chi connectivity index (χ2n) is 4.33. The summed E-state index contributed by atoms with van der Waals surface area (Å²) >= 11 is 11.9. The normalized spacial score (nSPS) is 10.5. The molecule has 1 N–H and O–H groups in total. The Morgan fingerprint density at radius 2 is 2.00 bits per heavy atom. The Hall–Kier alpha value is -2.44.